The second-order valence-corrected chi connectivity index (χ2v) is 16.9. The maximum atomic E-state index is 6.80. The van der Waals surface area contributed by atoms with Gasteiger partial charge in [0.25, 0.3) is 0 Å². The average molecular weight is 811 g/mol. The Morgan fingerprint density at radius 3 is 1.16 bits per heavy atom. The lowest BCUT2D eigenvalue weighted by molar-refractivity contribution is 0.670. The summed E-state index contributed by atoms with van der Waals surface area (Å²) in [6.07, 6.45) is 0. The molecule has 0 spiro atoms. The number of aryl methyl sites for hydroxylation is 4. The molecule has 10 aromatic carbocycles. The predicted molar refractivity (Wildman–Crippen MR) is 268 cm³/mol. The highest BCUT2D eigenvalue weighted by molar-refractivity contribution is 6.14. The first-order chi connectivity index (χ1) is 30.9. The highest BCUT2D eigenvalue weighted by Gasteiger charge is 2.22. The summed E-state index contributed by atoms with van der Waals surface area (Å²) in [5.41, 5.74) is 18.1. The number of hydrogen-bond acceptors (Lipinski definition) is 3. The molecule has 0 aliphatic carbocycles. The molecule has 1 aromatic heterocycles. The zero-order valence-corrected chi connectivity index (χ0v) is 35.9. The van der Waals surface area contributed by atoms with Crippen molar-refractivity contribution in [3.8, 4) is 22.3 Å². The Labute approximate surface area is 368 Å². The summed E-state index contributed by atoms with van der Waals surface area (Å²) >= 11 is 0. The fraction of sp³-hybridized carbons (Fsp3) is 0.0667. The molecular formula is C60H46N2O. The van der Waals surface area contributed by atoms with Crippen molar-refractivity contribution < 1.29 is 4.42 Å². The van der Waals surface area contributed by atoms with Crippen molar-refractivity contribution in [2.45, 2.75) is 27.7 Å². The summed E-state index contributed by atoms with van der Waals surface area (Å²) in [7, 11) is 0. The Kier molecular flexibility index (Phi) is 9.39. The first-order valence-electron chi connectivity index (χ1n) is 21.7. The van der Waals surface area contributed by atoms with E-state index in [0.29, 0.717) is 0 Å². The van der Waals surface area contributed by atoms with Crippen molar-refractivity contribution in [1.29, 1.82) is 0 Å². The number of benzene rings is 10. The SMILES string of the molecule is Cc1ccc(N(c2ccc3cc4c(cc3c2)oc2cc3cc(N(c5ccccc5C)c5ccc(C)cc5-c5ccccc5)ccc3cc24)c2ccccc2C)c(-c2ccccc2)c1. The van der Waals surface area contributed by atoms with Crippen LogP contribution in [0.3, 0.4) is 0 Å². The van der Waals surface area contributed by atoms with E-state index in [9.17, 15) is 0 Å². The van der Waals surface area contributed by atoms with Crippen LogP contribution in [0.4, 0.5) is 34.1 Å². The van der Waals surface area contributed by atoms with Gasteiger partial charge in [-0.3, -0.25) is 0 Å². The van der Waals surface area contributed by atoms with E-state index in [2.05, 4.69) is 244 Å². The fourth-order valence-electron chi connectivity index (χ4n) is 9.35. The summed E-state index contributed by atoms with van der Waals surface area (Å²) < 4.78 is 6.80. The van der Waals surface area contributed by atoms with Gasteiger partial charge in [-0.15, -0.1) is 0 Å². The number of para-hydroxylation sites is 2. The largest absolute Gasteiger partial charge is 0.456 e. The van der Waals surface area contributed by atoms with Crippen LogP contribution in [-0.2, 0) is 0 Å². The summed E-state index contributed by atoms with van der Waals surface area (Å²) in [6.45, 7) is 8.71. The molecule has 0 unspecified atom stereocenters. The van der Waals surface area contributed by atoms with Crippen molar-refractivity contribution in [2.24, 2.45) is 0 Å². The van der Waals surface area contributed by atoms with Crippen molar-refractivity contribution in [3.05, 3.63) is 229 Å². The molecule has 11 aromatic rings. The van der Waals surface area contributed by atoms with Crippen LogP contribution in [0.2, 0.25) is 0 Å². The Hall–Kier alpha value is -7.88. The Morgan fingerprint density at radius 1 is 0.317 bits per heavy atom. The van der Waals surface area contributed by atoms with E-state index in [1.807, 2.05) is 0 Å². The van der Waals surface area contributed by atoms with Gasteiger partial charge < -0.3 is 14.2 Å². The maximum Gasteiger partial charge on any atom is 0.136 e. The molecule has 3 heteroatoms. The molecule has 0 N–H and O–H groups in total. The van der Waals surface area contributed by atoms with Gasteiger partial charge in [-0.1, -0.05) is 132 Å². The number of fused-ring (bicyclic) bond motifs is 5. The molecule has 3 nitrogen and oxygen atoms in total. The van der Waals surface area contributed by atoms with Crippen LogP contribution < -0.4 is 9.80 Å². The van der Waals surface area contributed by atoms with Crippen molar-refractivity contribution in [3.63, 3.8) is 0 Å². The number of nitrogens with zero attached hydrogens (tertiary/aromatic N) is 2. The van der Waals surface area contributed by atoms with Gasteiger partial charge in [0, 0.05) is 44.6 Å². The van der Waals surface area contributed by atoms with Gasteiger partial charge in [0.2, 0.25) is 0 Å². The smallest absolute Gasteiger partial charge is 0.136 e. The molecular weight excluding hydrogens is 765 g/mol. The Morgan fingerprint density at radius 2 is 0.730 bits per heavy atom. The predicted octanol–water partition coefficient (Wildman–Crippen LogP) is 17.4. The third kappa shape index (κ3) is 6.89. The van der Waals surface area contributed by atoms with Gasteiger partial charge in [0.05, 0.1) is 11.4 Å². The van der Waals surface area contributed by atoms with E-state index in [1.54, 1.807) is 0 Å². The first-order valence-corrected chi connectivity index (χ1v) is 21.7. The first kappa shape index (κ1) is 38.1. The topological polar surface area (TPSA) is 19.6 Å². The van der Waals surface area contributed by atoms with Crippen LogP contribution in [0.5, 0.6) is 0 Å². The van der Waals surface area contributed by atoms with Gasteiger partial charge >= 0.3 is 0 Å². The highest BCUT2D eigenvalue weighted by atomic mass is 16.3. The second-order valence-electron chi connectivity index (χ2n) is 16.9. The van der Waals surface area contributed by atoms with Gasteiger partial charge in [-0.2, -0.15) is 0 Å². The molecule has 302 valence electrons. The minimum absolute atomic E-state index is 0.877. The van der Waals surface area contributed by atoms with Crippen LogP contribution >= 0.6 is 0 Å². The van der Waals surface area contributed by atoms with E-state index >= 15 is 0 Å². The van der Waals surface area contributed by atoms with E-state index < -0.39 is 0 Å². The molecule has 0 bridgehead atoms. The molecule has 0 fully saturated rings. The minimum atomic E-state index is 0.877. The zero-order valence-electron chi connectivity index (χ0n) is 35.9. The van der Waals surface area contributed by atoms with Crippen LogP contribution in [0, 0.1) is 27.7 Å². The second kappa shape index (κ2) is 15.5. The molecule has 0 saturated carbocycles. The van der Waals surface area contributed by atoms with Gasteiger partial charge in [0.15, 0.2) is 0 Å². The maximum absolute atomic E-state index is 6.80. The normalized spacial score (nSPS) is 11.5. The molecule has 11 rings (SSSR count). The van der Waals surface area contributed by atoms with E-state index in [4.69, 9.17) is 4.42 Å². The lowest BCUT2D eigenvalue weighted by atomic mass is 9.98. The number of furan rings is 1. The van der Waals surface area contributed by atoms with Gasteiger partial charge in [-0.25, -0.2) is 0 Å². The van der Waals surface area contributed by atoms with Crippen LogP contribution in [0.1, 0.15) is 22.3 Å². The standard InChI is InChI=1S/C60H46N2O/c1-39-23-29-57(51(31-39)43-17-7-5-8-18-43)61(55-21-13-11-15-41(55)3)49-27-25-45-35-53-54-36-46-26-28-50(34-48(46)38-60(54)63-59(53)37-47(45)33-49)62(56-22-14-12-16-42(56)4)58-30-24-40(2)32-52(58)44-19-9-6-10-20-44/h5-38H,1-4H3. The van der Waals surface area contributed by atoms with Crippen LogP contribution in [0.15, 0.2) is 211 Å². The lowest BCUT2D eigenvalue weighted by Gasteiger charge is -2.29. The Balaban J connectivity index is 1.04. The fourth-order valence-corrected chi connectivity index (χ4v) is 9.35. The lowest BCUT2D eigenvalue weighted by Crippen LogP contribution is -2.12. The summed E-state index contributed by atoms with van der Waals surface area (Å²) in [5.74, 6) is 0. The third-order valence-corrected chi connectivity index (χ3v) is 12.5. The summed E-state index contributed by atoms with van der Waals surface area (Å²) in [5, 5.41) is 6.82. The van der Waals surface area contributed by atoms with Crippen LogP contribution in [-0.4, -0.2) is 0 Å². The van der Waals surface area contributed by atoms with Gasteiger partial charge in [0.1, 0.15) is 11.2 Å². The quantitative estimate of drug-likeness (QED) is 0.152. The number of anilines is 6. The highest BCUT2D eigenvalue weighted by Crippen LogP contribution is 2.46. The van der Waals surface area contributed by atoms with Crippen molar-refractivity contribution in [2.75, 3.05) is 9.80 Å². The van der Waals surface area contributed by atoms with Crippen molar-refractivity contribution >= 4 is 77.6 Å². The van der Waals surface area contributed by atoms with Gasteiger partial charge in [-0.05, 0) is 156 Å². The number of rotatable bonds is 8. The Bertz CT molecular complexity index is 3280. The molecule has 0 atom stereocenters. The molecule has 0 aliphatic heterocycles. The van der Waals surface area contributed by atoms with Crippen LogP contribution in [0.25, 0.3) is 65.7 Å². The van der Waals surface area contributed by atoms with E-state index in [0.717, 1.165) is 66.8 Å². The zero-order chi connectivity index (χ0) is 42.6. The minimum Gasteiger partial charge on any atom is -0.456 e. The van der Waals surface area contributed by atoms with Crippen molar-refractivity contribution in [1.82, 2.24) is 0 Å². The molecule has 0 amide bonds. The third-order valence-electron chi connectivity index (χ3n) is 12.5. The molecule has 0 aliphatic rings. The summed E-state index contributed by atoms with van der Waals surface area (Å²) in [4.78, 5) is 4.81. The van der Waals surface area contributed by atoms with E-state index in [-0.39, 0.29) is 0 Å². The molecule has 0 radical (unpaired) electrons. The number of hydrogen-bond donors (Lipinski definition) is 0. The monoisotopic (exact) mass is 810 g/mol. The van der Waals surface area contributed by atoms with E-state index in [1.165, 1.54) is 55.3 Å². The molecule has 0 saturated heterocycles. The molecule has 63 heavy (non-hydrogen) atoms. The summed E-state index contributed by atoms with van der Waals surface area (Å²) in [6, 6.07) is 74.9. The average Bonchev–Trinajstić information content (AvgIpc) is 3.65. The molecule has 1 heterocycles.